The Morgan fingerprint density at radius 3 is 2.73 bits per heavy atom. The van der Waals surface area contributed by atoms with Crippen LogP contribution in [0.4, 0.5) is 5.69 Å². The molecule has 0 saturated heterocycles. The molecule has 0 spiro atoms. The van der Waals surface area contributed by atoms with E-state index in [1.807, 2.05) is 0 Å². The molecule has 0 amide bonds. The molecule has 1 rings (SSSR count). The van der Waals surface area contributed by atoms with Crippen molar-refractivity contribution in [3.8, 4) is 12.3 Å². The Morgan fingerprint density at radius 1 is 1.60 bits per heavy atom. The van der Waals surface area contributed by atoms with Crippen molar-refractivity contribution in [3.05, 3.63) is 39.4 Å². The van der Waals surface area contributed by atoms with Crippen molar-refractivity contribution in [1.29, 1.82) is 0 Å². The molecule has 0 fully saturated rings. The zero-order chi connectivity index (χ0) is 11.4. The van der Waals surface area contributed by atoms with Gasteiger partial charge < -0.3 is 10.2 Å². The number of aliphatic hydroxyl groups is 2. The number of nitrogens with zero attached hydrogens (tertiary/aromatic N) is 1. The van der Waals surface area contributed by atoms with Crippen LogP contribution >= 0.6 is 0 Å². The molecule has 1 aromatic rings. The third-order valence-electron chi connectivity index (χ3n) is 1.94. The summed E-state index contributed by atoms with van der Waals surface area (Å²) < 4.78 is 0. The van der Waals surface area contributed by atoms with Crippen molar-refractivity contribution in [2.24, 2.45) is 0 Å². The van der Waals surface area contributed by atoms with Gasteiger partial charge in [0, 0.05) is 6.07 Å². The van der Waals surface area contributed by atoms with E-state index < -0.39 is 17.6 Å². The summed E-state index contributed by atoms with van der Waals surface area (Å²) in [4.78, 5) is 9.92. The second kappa shape index (κ2) is 4.55. The summed E-state index contributed by atoms with van der Waals surface area (Å²) in [5, 5.41) is 28.7. The lowest BCUT2D eigenvalue weighted by Gasteiger charge is -2.05. The van der Waals surface area contributed by atoms with Crippen molar-refractivity contribution < 1.29 is 15.1 Å². The summed E-state index contributed by atoms with van der Waals surface area (Å²) in [6.45, 7) is -0.471. The highest BCUT2D eigenvalue weighted by molar-refractivity contribution is 5.44. The summed E-state index contributed by atoms with van der Waals surface area (Å²) in [5.74, 6) is 2.09. The van der Waals surface area contributed by atoms with Crippen LogP contribution in [0.2, 0.25) is 0 Å². The summed E-state index contributed by atoms with van der Waals surface area (Å²) >= 11 is 0. The van der Waals surface area contributed by atoms with Gasteiger partial charge in [-0.25, -0.2) is 0 Å². The molecule has 0 aromatic heterocycles. The van der Waals surface area contributed by atoms with Gasteiger partial charge in [0.15, 0.2) is 0 Å². The Labute approximate surface area is 86.1 Å². The highest BCUT2D eigenvalue weighted by Gasteiger charge is 2.15. The molecule has 0 aliphatic rings. The molecule has 2 N–H and O–H groups in total. The molecule has 5 heteroatoms. The maximum Gasteiger partial charge on any atom is 0.274 e. The molecular weight excluding hydrogens is 198 g/mol. The van der Waals surface area contributed by atoms with E-state index >= 15 is 0 Å². The number of hydrogen-bond donors (Lipinski definition) is 2. The molecule has 0 bridgehead atoms. The van der Waals surface area contributed by atoms with Gasteiger partial charge in [-0.15, -0.1) is 6.42 Å². The Morgan fingerprint density at radius 2 is 2.27 bits per heavy atom. The number of nitro benzene ring substituents is 1. The van der Waals surface area contributed by atoms with Crippen molar-refractivity contribution in [3.63, 3.8) is 0 Å². The van der Waals surface area contributed by atoms with E-state index in [0.29, 0.717) is 5.56 Å². The summed E-state index contributed by atoms with van der Waals surface area (Å²) in [6, 6.07) is 3.89. The third kappa shape index (κ3) is 2.31. The van der Waals surface area contributed by atoms with Gasteiger partial charge in [-0.3, -0.25) is 10.1 Å². The predicted octanol–water partition coefficient (Wildman–Crippen LogP) is 0.754. The Kier molecular flexibility index (Phi) is 3.39. The van der Waals surface area contributed by atoms with Crippen LogP contribution in [-0.4, -0.2) is 15.1 Å². The summed E-state index contributed by atoms with van der Waals surface area (Å²) in [7, 11) is 0. The fourth-order valence-electron chi connectivity index (χ4n) is 1.18. The van der Waals surface area contributed by atoms with E-state index in [-0.39, 0.29) is 11.3 Å². The minimum atomic E-state index is -1.11. The van der Waals surface area contributed by atoms with Crippen LogP contribution in [0, 0.1) is 22.5 Å². The first-order valence-electron chi connectivity index (χ1n) is 4.12. The normalized spacial score (nSPS) is 11.8. The quantitative estimate of drug-likeness (QED) is 0.435. The second-order valence-corrected chi connectivity index (χ2v) is 2.87. The van der Waals surface area contributed by atoms with Crippen molar-refractivity contribution in [1.82, 2.24) is 0 Å². The largest absolute Gasteiger partial charge is 0.391 e. The number of benzene rings is 1. The maximum atomic E-state index is 10.5. The molecule has 1 atom stereocenters. The van der Waals surface area contributed by atoms with Crippen LogP contribution in [-0.2, 0) is 6.61 Å². The van der Waals surface area contributed by atoms with E-state index in [9.17, 15) is 15.2 Å². The van der Waals surface area contributed by atoms with E-state index in [4.69, 9.17) is 11.5 Å². The first kappa shape index (κ1) is 11.2. The smallest absolute Gasteiger partial charge is 0.274 e. The molecule has 5 nitrogen and oxygen atoms in total. The Bertz CT molecular complexity index is 422. The molecule has 78 valence electrons. The van der Waals surface area contributed by atoms with Crippen LogP contribution in [0.5, 0.6) is 0 Å². The fraction of sp³-hybridized carbons (Fsp3) is 0.200. The van der Waals surface area contributed by atoms with Gasteiger partial charge in [-0.05, 0) is 17.7 Å². The van der Waals surface area contributed by atoms with E-state index in [2.05, 4.69) is 5.92 Å². The zero-order valence-corrected chi connectivity index (χ0v) is 7.75. The Hall–Kier alpha value is -1.90. The first-order chi connectivity index (χ1) is 7.10. The van der Waals surface area contributed by atoms with Crippen LogP contribution in [0.15, 0.2) is 18.2 Å². The minimum Gasteiger partial charge on any atom is -0.391 e. The van der Waals surface area contributed by atoms with Crippen molar-refractivity contribution in [2.45, 2.75) is 12.7 Å². The molecular formula is C10H9NO4. The first-order valence-corrected chi connectivity index (χ1v) is 4.12. The summed E-state index contributed by atoms with van der Waals surface area (Å²) in [5.41, 5.74) is 0.296. The van der Waals surface area contributed by atoms with E-state index in [1.165, 1.54) is 18.2 Å². The molecule has 1 aromatic carbocycles. The van der Waals surface area contributed by atoms with Gasteiger partial charge in [0.25, 0.3) is 5.69 Å². The predicted molar refractivity (Wildman–Crippen MR) is 52.8 cm³/mol. The van der Waals surface area contributed by atoms with Crippen LogP contribution in [0.3, 0.4) is 0 Å². The van der Waals surface area contributed by atoms with E-state index in [0.717, 1.165) is 0 Å². The number of aliphatic hydroxyl groups excluding tert-OH is 2. The van der Waals surface area contributed by atoms with Crippen LogP contribution < -0.4 is 0 Å². The third-order valence-corrected chi connectivity index (χ3v) is 1.94. The SMILES string of the molecule is C#CC(O)c1ccc([N+](=O)[O-])c(CO)c1. The lowest BCUT2D eigenvalue weighted by Crippen LogP contribution is -1.99. The van der Waals surface area contributed by atoms with Gasteiger partial charge in [0.2, 0.25) is 0 Å². The highest BCUT2D eigenvalue weighted by Crippen LogP contribution is 2.23. The van der Waals surface area contributed by atoms with Gasteiger partial charge in [0.1, 0.15) is 6.10 Å². The average Bonchev–Trinajstić information content (AvgIpc) is 2.26. The maximum absolute atomic E-state index is 10.5. The molecule has 0 aliphatic carbocycles. The fourth-order valence-corrected chi connectivity index (χ4v) is 1.18. The molecule has 0 saturated carbocycles. The van der Waals surface area contributed by atoms with Crippen molar-refractivity contribution in [2.75, 3.05) is 0 Å². The molecule has 0 aliphatic heterocycles. The summed E-state index contributed by atoms with van der Waals surface area (Å²) in [6.07, 6.45) is 3.88. The highest BCUT2D eigenvalue weighted by atomic mass is 16.6. The molecule has 0 radical (unpaired) electrons. The van der Waals surface area contributed by atoms with Gasteiger partial charge >= 0.3 is 0 Å². The average molecular weight is 207 g/mol. The van der Waals surface area contributed by atoms with Crippen LogP contribution in [0.1, 0.15) is 17.2 Å². The monoisotopic (exact) mass is 207 g/mol. The topological polar surface area (TPSA) is 83.6 Å². The standard InChI is InChI=1S/C10H9NO4/c1-2-10(13)7-3-4-9(11(14)15)8(5-7)6-12/h1,3-5,10,12-13H,6H2. The minimum absolute atomic E-state index is 0.131. The van der Waals surface area contributed by atoms with E-state index in [1.54, 1.807) is 0 Å². The van der Waals surface area contributed by atoms with Gasteiger partial charge in [-0.2, -0.15) is 0 Å². The lowest BCUT2D eigenvalue weighted by atomic mass is 10.1. The second-order valence-electron chi connectivity index (χ2n) is 2.87. The lowest BCUT2D eigenvalue weighted by molar-refractivity contribution is -0.385. The zero-order valence-electron chi connectivity index (χ0n) is 7.75. The van der Waals surface area contributed by atoms with Gasteiger partial charge in [0.05, 0.1) is 17.1 Å². The number of nitro groups is 1. The van der Waals surface area contributed by atoms with Gasteiger partial charge in [-0.1, -0.05) is 5.92 Å². The number of terminal acetylenes is 1. The number of hydrogen-bond acceptors (Lipinski definition) is 4. The Balaban J connectivity index is 3.20. The molecule has 15 heavy (non-hydrogen) atoms. The van der Waals surface area contributed by atoms with Crippen LogP contribution in [0.25, 0.3) is 0 Å². The molecule has 0 heterocycles. The molecule has 1 unspecified atom stereocenters. The van der Waals surface area contributed by atoms with Crippen molar-refractivity contribution >= 4 is 5.69 Å². The number of rotatable bonds is 3.